The van der Waals surface area contributed by atoms with Crippen molar-refractivity contribution in [2.45, 2.75) is 51.4 Å². The number of ether oxygens (including phenoxy) is 1. The molecule has 3 heterocycles. The van der Waals surface area contributed by atoms with E-state index >= 15 is 0 Å². The Kier molecular flexibility index (Phi) is 6.33. The summed E-state index contributed by atoms with van der Waals surface area (Å²) in [6.07, 6.45) is 0.329. The number of methoxy groups -OCH3 is 1. The quantitative estimate of drug-likeness (QED) is 0.760. The van der Waals surface area contributed by atoms with Gasteiger partial charge in [-0.15, -0.1) is 0 Å². The summed E-state index contributed by atoms with van der Waals surface area (Å²) in [5.74, 6) is 0.578. The molecule has 0 unspecified atom stereocenters. The number of nitrogens with zero attached hydrogens (tertiary/aromatic N) is 4. The molecule has 2 atom stereocenters. The van der Waals surface area contributed by atoms with Crippen LogP contribution in [0.5, 0.6) is 5.75 Å². The topological polar surface area (TPSA) is 108 Å². The Morgan fingerprint density at radius 1 is 1.33 bits per heavy atom. The zero-order valence-electron chi connectivity index (χ0n) is 17.9. The van der Waals surface area contributed by atoms with E-state index in [1.165, 1.54) is 11.0 Å². The highest BCUT2D eigenvalue weighted by Gasteiger charge is 2.39. The molecule has 9 heteroatoms. The molecule has 1 saturated heterocycles. The van der Waals surface area contributed by atoms with Gasteiger partial charge in [0.25, 0.3) is 5.56 Å². The Labute approximate surface area is 175 Å². The van der Waals surface area contributed by atoms with E-state index in [0.29, 0.717) is 49.4 Å². The number of piperidine rings is 1. The number of fused-ring (bicyclic) bond motifs is 1. The maximum Gasteiger partial charge on any atom is 0.408 e. The third-order valence-electron chi connectivity index (χ3n) is 5.58. The van der Waals surface area contributed by atoms with Crippen LogP contribution in [0.15, 0.2) is 29.2 Å². The monoisotopic (exact) mass is 418 g/mol. The van der Waals surface area contributed by atoms with Gasteiger partial charge in [0.1, 0.15) is 5.75 Å². The number of aromatic nitrogens is 2. The number of carboxylic acid groups (broad SMARTS) is 1. The number of pyridine rings is 2. The van der Waals surface area contributed by atoms with Gasteiger partial charge in [0.2, 0.25) is 0 Å². The SMILES string of the molecule is COc1cnc2ccc(=O)n(CCN3CC[C@H](N(C(=O)O)C(C)(C)C)[C@H](O)C3)c2c1. The van der Waals surface area contributed by atoms with Crippen LogP contribution in [0.3, 0.4) is 0 Å². The van der Waals surface area contributed by atoms with Crippen LogP contribution in [0.25, 0.3) is 11.0 Å². The number of carbonyl (C=O) groups is 1. The Morgan fingerprint density at radius 2 is 2.07 bits per heavy atom. The van der Waals surface area contributed by atoms with E-state index in [-0.39, 0.29) is 5.56 Å². The third-order valence-corrected chi connectivity index (χ3v) is 5.58. The first-order valence-electron chi connectivity index (χ1n) is 10.1. The predicted octanol–water partition coefficient (Wildman–Crippen LogP) is 1.62. The Balaban J connectivity index is 1.72. The van der Waals surface area contributed by atoms with Gasteiger partial charge in [-0.2, -0.15) is 0 Å². The standard InChI is InChI=1S/C21H30N4O5/c1-21(2,3)25(20(28)29)16-7-8-23(13-18(16)26)9-10-24-17-11-14(30-4)12-22-15(17)5-6-19(24)27/h5-6,11-12,16,18,26H,7-10,13H2,1-4H3,(H,28,29)/t16-,18+/m0/s1. The van der Waals surface area contributed by atoms with E-state index < -0.39 is 23.8 Å². The molecule has 0 spiro atoms. The highest BCUT2D eigenvalue weighted by molar-refractivity contribution is 5.75. The van der Waals surface area contributed by atoms with Crippen molar-refractivity contribution in [3.8, 4) is 5.75 Å². The maximum atomic E-state index is 12.5. The van der Waals surface area contributed by atoms with Crippen molar-refractivity contribution >= 4 is 17.1 Å². The summed E-state index contributed by atoms with van der Waals surface area (Å²) in [7, 11) is 1.55. The van der Waals surface area contributed by atoms with Crippen molar-refractivity contribution in [3.63, 3.8) is 0 Å². The second kappa shape index (κ2) is 8.61. The average Bonchev–Trinajstić information content (AvgIpc) is 2.67. The fourth-order valence-electron chi connectivity index (χ4n) is 4.15. The van der Waals surface area contributed by atoms with Crippen molar-refractivity contribution < 1.29 is 19.7 Å². The summed E-state index contributed by atoms with van der Waals surface area (Å²) in [6.45, 7) is 7.47. The van der Waals surface area contributed by atoms with Crippen molar-refractivity contribution in [1.29, 1.82) is 0 Å². The number of β-amino-alcohol motifs (C(OH)–C–C–N with tert-alkyl or cyclic N) is 1. The van der Waals surface area contributed by atoms with Crippen molar-refractivity contribution in [3.05, 3.63) is 34.7 Å². The lowest BCUT2D eigenvalue weighted by atomic mass is 9.95. The molecule has 2 N–H and O–H groups in total. The van der Waals surface area contributed by atoms with Crippen LogP contribution >= 0.6 is 0 Å². The second-order valence-electron chi connectivity index (χ2n) is 8.65. The lowest BCUT2D eigenvalue weighted by Gasteiger charge is -2.45. The molecule has 2 aromatic heterocycles. The van der Waals surface area contributed by atoms with Crippen molar-refractivity contribution in [1.82, 2.24) is 19.4 Å². The zero-order valence-corrected chi connectivity index (χ0v) is 17.9. The van der Waals surface area contributed by atoms with Gasteiger partial charge in [-0.3, -0.25) is 19.6 Å². The molecule has 2 aromatic rings. The molecule has 0 radical (unpaired) electrons. The van der Waals surface area contributed by atoms with E-state index in [4.69, 9.17) is 4.74 Å². The van der Waals surface area contributed by atoms with Crippen LogP contribution in [0.1, 0.15) is 27.2 Å². The minimum absolute atomic E-state index is 0.127. The van der Waals surface area contributed by atoms with Crippen LogP contribution in [0.4, 0.5) is 4.79 Å². The Morgan fingerprint density at radius 3 is 2.67 bits per heavy atom. The van der Waals surface area contributed by atoms with E-state index in [9.17, 15) is 19.8 Å². The van der Waals surface area contributed by atoms with Gasteiger partial charge in [0.15, 0.2) is 0 Å². The highest BCUT2D eigenvalue weighted by Crippen LogP contribution is 2.25. The van der Waals surface area contributed by atoms with Gasteiger partial charge in [-0.1, -0.05) is 0 Å². The van der Waals surface area contributed by atoms with Gasteiger partial charge < -0.3 is 19.5 Å². The number of hydrogen-bond donors (Lipinski definition) is 2. The van der Waals surface area contributed by atoms with Gasteiger partial charge in [-0.05, 0) is 33.3 Å². The molecule has 9 nitrogen and oxygen atoms in total. The number of aliphatic hydroxyl groups excluding tert-OH is 1. The summed E-state index contributed by atoms with van der Waals surface area (Å²) in [5.41, 5.74) is 0.679. The molecule has 1 fully saturated rings. The Hall–Kier alpha value is -2.65. The molecular weight excluding hydrogens is 388 g/mol. The van der Waals surface area contributed by atoms with Gasteiger partial charge in [-0.25, -0.2) is 4.79 Å². The van der Waals surface area contributed by atoms with Gasteiger partial charge >= 0.3 is 6.09 Å². The minimum Gasteiger partial charge on any atom is -0.495 e. The molecule has 30 heavy (non-hydrogen) atoms. The molecule has 0 bridgehead atoms. The molecule has 0 aliphatic carbocycles. The Bertz CT molecular complexity index is 968. The second-order valence-corrected chi connectivity index (χ2v) is 8.65. The largest absolute Gasteiger partial charge is 0.495 e. The average molecular weight is 418 g/mol. The first-order chi connectivity index (χ1) is 14.1. The smallest absolute Gasteiger partial charge is 0.408 e. The lowest BCUT2D eigenvalue weighted by molar-refractivity contribution is -0.0354. The molecule has 1 amide bonds. The number of amides is 1. The number of hydrogen-bond acceptors (Lipinski definition) is 6. The van der Waals surface area contributed by atoms with Gasteiger partial charge in [0.05, 0.1) is 36.5 Å². The number of aliphatic hydroxyl groups is 1. The molecule has 0 saturated carbocycles. The molecular formula is C21H30N4O5. The zero-order chi connectivity index (χ0) is 22.1. The maximum absolute atomic E-state index is 12.5. The van der Waals surface area contributed by atoms with Crippen molar-refractivity contribution in [2.24, 2.45) is 0 Å². The van der Waals surface area contributed by atoms with Crippen LogP contribution in [0.2, 0.25) is 0 Å². The van der Waals surface area contributed by atoms with E-state index in [1.54, 1.807) is 30.0 Å². The number of rotatable bonds is 5. The summed E-state index contributed by atoms with van der Waals surface area (Å²) in [6, 6.07) is 4.53. The predicted molar refractivity (Wildman–Crippen MR) is 113 cm³/mol. The highest BCUT2D eigenvalue weighted by atomic mass is 16.5. The van der Waals surface area contributed by atoms with Crippen LogP contribution in [-0.2, 0) is 6.54 Å². The fourth-order valence-corrected chi connectivity index (χ4v) is 4.15. The molecule has 3 rings (SSSR count). The summed E-state index contributed by atoms with van der Waals surface area (Å²) < 4.78 is 6.89. The minimum atomic E-state index is -1.02. The molecule has 0 aromatic carbocycles. The van der Waals surface area contributed by atoms with E-state index in [1.807, 2.05) is 20.8 Å². The van der Waals surface area contributed by atoms with Gasteiger partial charge in [0, 0.05) is 43.9 Å². The molecule has 1 aliphatic rings. The van der Waals surface area contributed by atoms with Crippen LogP contribution < -0.4 is 10.3 Å². The van der Waals surface area contributed by atoms with Crippen LogP contribution in [-0.4, -0.2) is 80.1 Å². The summed E-state index contributed by atoms with van der Waals surface area (Å²) in [5, 5.41) is 20.3. The van der Waals surface area contributed by atoms with E-state index in [0.717, 1.165) is 0 Å². The van der Waals surface area contributed by atoms with E-state index in [2.05, 4.69) is 9.88 Å². The normalized spacial score (nSPS) is 20.3. The fraction of sp³-hybridized carbons (Fsp3) is 0.571. The molecule has 164 valence electrons. The molecule has 1 aliphatic heterocycles. The summed E-state index contributed by atoms with van der Waals surface area (Å²) >= 11 is 0. The third kappa shape index (κ3) is 4.57. The summed E-state index contributed by atoms with van der Waals surface area (Å²) in [4.78, 5) is 31.9. The first-order valence-corrected chi connectivity index (χ1v) is 10.1. The first kappa shape index (κ1) is 22.0. The lowest BCUT2D eigenvalue weighted by Crippen LogP contribution is -2.60. The van der Waals surface area contributed by atoms with Crippen LogP contribution in [0, 0.1) is 0 Å². The van der Waals surface area contributed by atoms with Crippen molar-refractivity contribution in [2.75, 3.05) is 26.7 Å². The number of likely N-dealkylation sites (tertiary alicyclic amines) is 1.